The number of aliphatic hydroxyl groups excluding tert-OH is 1. The minimum Gasteiger partial charge on any atom is -0.446 e. The summed E-state index contributed by atoms with van der Waals surface area (Å²) < 4.78 is 5.41. The quantitative estimate of drug-likeness (QED) is 0.325. The first-order valence-electron chi connectivity index (χ1n) is 15.8. The van der Waals surface area contributed by atoms with Gasteiger partial charge >= 0.3 is 6.09 Å². The normalized spacial score (nSPS) is 24.4. The van der Waals surface area contributed by atoms with Crippen LogP contribution < -0.4 is 10.6 Å². The Morgan fingerprint density at radius 1 is 1.07 bits per heavy atom. The van der Waals surface area contributed by atoms with Gasteiger partial charge in [-0.3, -0.25) is 9.59 Å². The summed E-state index contributed by atoms with van der Waals surface area (Å²) in [6.45, 7) is 12.7. The van der Waals surface area contributed by atoms with Gasteiger partial charge in [-0.15, -0.1) is 11.8 Å². The molecule has 0 spiro atoms. The lowest BCUT2D eigenvalue weighted by atomic mass is 9.75. The van der Waals surface area contributed by atoms with Gasteiger partial charge in [0.2, 0.25) is 5.91 Å². The highest BCUT2D eigenvalue weighted by Gasteiger charge is 2.50. The fourth-order valence-electron chi connectivity index (χ4n) is 6.52. The molecule has 2 aromatic rings. The first-order chi connectivity index (χ1) is 20.9. The molecule has 2 fully saturated rings. The molecule has 3 N–H and O–H groups in total. The van der Waals surface area contributed by atoms with Crippen LogP contribution in [0.25, 0.3) is 0 Å². The van der Waals surface area contributed by atoms with Crippen LogP contribution in [0.15, 0.2) is 54.6 Å². The smallest absolute Gasteiger partial charge is 0.407 e. The summed E-state index contributed by atoms with van der Waals surface area (Å²) in [5.74, 6) is 0.481. The number of hydrogen-bond acceptors (Lipinski definition) is 6. The van der Waals surface area contributed by atoms with Crippen molar-refractivity contribution in [2.24, 2.45) is 17.8 Å². The molecule has 1 saturated heterocycles. The molecule has 2 aliphatic rings. The van der Waals surface area contributed by atoms with Crippen molar-refractivity contribution in [1.29, 1.82) is 0 Å². The van der Waals surface area contributed by atoms with E-state index < -0.39 is 34.9 Å². The first-order valence-corrected chi connectivity index (χ1v) is 16.8. The summed E-state index contributed by atoms with van der Waals surface area (Å²) in [4.78, 5) is 42.3. The minimum absolute atomic E-state index is 0.221. The van der Waals surface area contributed by atoms with Gasteiger partial charge < -0.3 is 25.4 Å². The fourth-order valence-corrected chi connectivity index (χ4v) is 7.67. The van der Waals surface area contributed by atoms with Crippen LogP contribution in [0.3, 0.4) is 0 Å². The number of carbonyl (C=O) groups is 3. The average Bonchev–Trinajstić information content (AvgIpc) is 3.30. The van der Waals surface area contributed by atoms with Crippen LogP contribution in [0.2, 0.25) is 0 Å². The molecule has 0 unspecified atom stereocenters. The molecule has 8 nitrogen and oxygen atoms in total. The van der Waals surface area contributed by atoms with Gasteiger partial charge in [0, 0.05) is 11.3 Å². The van der Waals surface area contributed by atoms with Crippen molar-refractivity contribution < 1.29 is 24.2 Å². The Balaban J connectivity index is 1.50. The van der Waals surface area contributed by atoms with E-state index in [1.165, 1.54) is 16.7 Å². The maximum Gasteiger partial charge on any atom is 0.407 e. The molecule has 3 amide bonds. The Bertz CT molecular complexity index is 1290. The number of hydrogen-bond donors (Lipinski definition) is 3. The Morgan fingerprint density at radius 2 is 1.75 bits per heavy atom. The van der Waals surface area contributed by atoms with E-state index in [0.29, 0.717) is 18.4 Å². The molecule has 0 aromatic heterocycles. The highest BCUT2D eigenvalue weighted by molar-refractivity contribution is 8.00. The number of aryl methyl sites for hydroxylation is 1. The third-order valence-electron chi connectivity index (χ3n) is 9.25. The number of ether oxygens (including phenoxy) is 1. The Labute approximate surface area is 266 Å². The maximum atomic E-state index is 14.0. The second kappa shape index (κ2) is 14.8. The third-order valence-corrected chi connectivity index (χ3v) is 10.6. The molecular weight excluding hydrogens is 574 g/mol. The Hall–Kier alpha value is -3.04. The second-order valence-electron chi connectivity index (χ2n) is 13.4. The summed E-state index contributed by atoms with van der Waals surface area (Å²) in [6, 6.07) is 15.5. The number of thioether (sulfide) groups is 1. The van der Waals surface area contributed by atoms with Crippen LogP contribution >= 0.6 is 11.8 Å². The Kier molecular flexibility index (Phi) is 11.4. The molecule has 4 rings (SSSR count). The molecule has 2 aromatic carbocycles. The van der Waals surface area contributed by atoms with Gasteiger partial charge in [-0.2, -0.15) is 0 Å². The molecule has 1 aliphatic heterocycles. The van der Waals surface area contributed by atoms with Crippen LogP contribution in [-0.2, 0) is 27.3 Å². The van der Waals surface area contributed by atoms with Crippen molar-refractivity contribution in [2.45, 2.75) is 103 Å². The van der Waals surface area contributed by atoms with Crippen LogP contribution in [-0.4, -0.2) is 62.8 Å². The van der Waals surface area contributed by atoms with Gasteiger partial charge in [-0.25, -0.2) is 4.79 Å². The number of benzene rings is 2. The van der Waals surface area contributed by atoms with E-state index in [-0.39, 0.29) is 30.2 Å². The monoisotopic (exact) mass is 623 g/mol. The number of alkyl carbamates (subject to hydrolysis) is 1. The van der Waals surface area contributed by atoms with E-state index in [9.17, 15) is 19.5 Å². The minimum atomic E-state index is -1.57. The standard InChI is InChI=1S/C35H49N3O5S/c1-22(2)27-17-16-23(3)18-29(27)43-34(42)37-28(19-25-13-8-7-9-14-25)30(39)33(41)38-21-44-35(5,6)31(38)32(40)36-20-26-15-11-10-12-24(26)4/h7-15,22-23,27-31,39H,16-21H2,1-6H3,(H,36,40)(H,37,42)/t23-,27+,28-,29-,30-,31+/m0/s1. The van der Waals surface area contributed by atoms with Gasteiger partial charge in [0.05, 0.1) is 11.9 Å². The van der Waals surface area contributed by atoms with Gasteiger partial charge in [-0.05, 0) is 74.5 Å². The van der Waals surface area contributed by atoms with E-state index in [2.05, 4.69) is 31.4 Å². The number of rotatable bonds is 10. The third kappa shape index (κ3) is 8.36. The number of amides is 3. The van der Waals surface area contributed by atoms with Crippen molar-refractivity contribution >= 4 is 29.7 Å². The van der Waals surface area contributed by atoms with Crippen LogP contribution in [0, 0.1) is 24.7 Å². The zero-order valence-corrected chi connectivity index (χ0v) is 27.7. The molecule has 0 bridgehead atoms. The molecular formula is C35H49N3O5S. The SMILES string of the molecule is Cc1ccccc1CNC(=O)[C@H]1N(C(=O)[C@@H](O)[C@H](Cc2ccccc2)NC(=O)O[C@H]2C[C@@H](C)CC[C@@H]2C(C)C)CSC1(C)C. The highest BCUT2D eigenvalue weighted by atomic mass is 32.2. The van der Waals surface area contributed by atoms with E-state index in [4.69, 9.17) is 4.74 Å². The summed E-state index contributed by atoms with van der Waals surface area (Å²) in [5, 5.41) is 17.4. The van der Waals surface area contributed by atoms with E-state index in [1.807, 2.05) is 75.4 Å². The average molecular weight is 624 g/mol. The number of nitrogens with one attached hydrogen (secondary N) is 2. The lowest BCUT2D eigenvalue weighted by Crippen LogP contribution is -2.58. The van der Waals surface area contributed by atoms with Gasteiger partial charge in [-0.1, -0.05) is 81.8 Å². The topological polar surface area (TPSA) is 108 Å². The molecule has 6 atom stereocenters. The van der Waals surface area contributed by atoms with E-state index in [1.54, 1.807) is 0 Å². The largest absolute Gasteiger partial charge is 0.446 e. The molecule has 240 valence electrons. The molecule has 1 saturated carbocycles. The van der Waals surface area contributed by atoms with Crippen LogP contribution in [0.5, 0.6) is 0 Å². The molecule has 1 aliphatic carbocycles. The lowest BCUT2D eigenvalue weighted by molar-refractivity contribution is -0.147. The number of aliphatic hydroxyl groups is 1. The van der Waals surface area contributed by atoms with Crippen molar-refractivity contribution in [1.82, 2.24) is 15.5 Å². The fraction of sp³-hybridized carbons (Fsp3) is 0.571. The van der Waals surface area contributed by atoms with E-state index in [0.717, 1.165) is 36.0 Å². The second-order valence-corrected chi connectivity index (χ2v) is 15.0. The summed E-state index contributed by atoms with van der Waals surface area (Å²) >= 11 is 1.49. The molecule has 0 radical (unpaired) electrons. The van der Waals surface area contributed by atoms with Crippen molar-refractivity contribution in [3.63, 3.8) is 0 Å². The van der Waals surface area contributed by atoms with Crippen LogP contribution in [0.1, 0.15) is 70.6 Å². The zero-order chi connectivity index (χ0) is 32.0. The summed E-state index contributed by atoms with van der Waals surface area (Å²) in [6.07, 6.45) is 0.702. The molecule has 44 heavy (non-hydrogen) atoms. The molecule has 9 heteroatoms. The summed E-state index contributed by atoms with van der Waals surface area (Å²) in [7, 11) is 0. The maximum absolute atomic E-state index is 14.0. The highest BCUT2D eigenvalue weighted by Crippen LogP contribution is 2.40. The van der Waals surface area contributed by atoms with Gasteiger partial charge in [0.1, 0.15) is 12.1 Å². The Morgan fingerprint density at radius 3 is 2.43 bits per heavy atom. The van der Waals surface area contributed by atoms with Crippen molar-refractivity contribution in [2.75, 3.05) is 5.88 Å². The first kappa shape index (κ1) is 33.8. The lowest BCUT2D eigenvalue weighted by Gasteiger charge is -2.37. The van der Waals surface area contributed by atoms with Crippen molar-refractivity contribution in [3.8, 4) is 0 Å². The number of carbonyl (C=O) groups excluding carboxylic acids is 3. The zero-order valence-electron chi connectivity index (χ0n) is 26.9. The van der Waals surface area contributed by atoms with Crippen LogP contribution in [0.4, 0.5) is 4.79 Å². The van der Waals surface area contributed by atoms with Crippen molar-refractivity contribution in [3.05, 3.63) is 71.3 Å². The number of nitrogens with zero attached hydrogens (tertiary/aromatic N) is 1. The predicted octanol–water partition coefficient (Wildman–Crippen LogP) is 5.45. The summed E-state index contributed by atoms with van der Waals surface area (Å²) in [5.41, 5.74) is 2.93. The van der Waals surface area contributed by atoms with Gasteiger partial charge in [0.15, 0.2) is 6.10 Å². The van der Waals surface area contributed by atoms with Gasteiger partial charge in [0.25, 0.3) is 5.91 Å². The predicted molar refractivity (Wildman–Crippen MR) is 175 cm³/mol. The molecule has 1 heterocycles. The van der Waals surface area contributed by atoms with E-state index >= 15 is 0 Å².